The SMILES string of the molecule is Cc1nc(NC(=O)OC(C)(C)C)cc(Cl)c1C#N. The van der Waals surface area contributed by atoms with E-state index in [2.05, 4.69) is 10.3 Å². The van der Waals surface area contributed by atoms with Gasteiger partial charge >= 0.3 is 6.09 Å². The fraction of sp³-hybridized carbons (Fsp3) is 0.417. The van der Waals surface area contributed by atoms with E-state index in [1.807, 2.05) is 6.07 Å². The van der Waals surface area contributed by atoms with Crippen LogP contribution < -0.4 is 5.32 Å². The van der Waals surface area contributed by atoms with E-state index >= 15 is 0 Å². The summed E-state index contributed by atoms with van der Waals surface area (Å²) in [6.07, 6.45) is -0.616. The Morgan fingerprint density at radius 1 is 1.56 bits per heavy atom. The molecular formula is C12H14ClN3O2. The van der Waals surface area contributed by atoms with E-state index in [1.54, 1.807) is 27.7 Å². The Bertz CT molecular complexity index is 492. The Balaban J connectivity index is 2.88. The third kappa shape index (κ3) is 3.90. The Labute approximate surface area is 111 Å². The molecule has 1 aromatic heterocycles. The first kappa shape index (κ1) is 14.3. The van der Waals surface area contributed by atoms with Gasteiger partial charge in [-0.15, -0.1) is 0 Å². The van der Waals surface area contributed by atoms with Gasteiger partial charge in [0.25, 0.3) is 0 Å². The summed E-state index contributed by atoms with van der Waals surface area (Å²) in [6.45, 7) is 6.93. The minimum absolute atomic E-state index is 0.246. The number of nitriles is 1. The number of aromatic nitrogens is 1. The summed E-state index contributed by atoms with van der Waals surface area (Å²) in [5.74, 6) is 0.255. The maximum Gasteiger partial charge on any atom is 0.413 e. The second kappa shape index (κ2) is 5.23. The van der Waals surface area contributed by atoms with Crippen molar-refractivity contribution >= 4 is 23.5 Å². The van der Waals surface area contributed by atoms with Crippen LogP contribution in [0, 0.1) is 18.3 Å². The van der Waals surface area contributed by atoms with Gasteiger partial charge in [-0.3, -0.25) is 5.32 Å². The number of pyridine rings is 1. The molecule has 0 aliphatic heterocycles. The van der Waals surface area contributed by atoms with Crippen molar-refractivity contribution in [1.29, 1.82) is 5.26 Å². The number of halogens is 1. The molecule has 0 bridgehead atoms. The molecule has 0 spiro atoms. The van der Waals surface area contributed by atoms with Gasteiger partial charge in [0.1, 0.15) is 17.5 Å². The van der Waals surface area contributed by atoms with Crippen molar-refractivity contribution in [3.8, 4) is 6.07 Å². The van der Waals surface area contributed by atoms with E-state index in [0.717, 1.165) is 0 Å². The fourth-order valence-corrected chi connectivity index (χ4v) is 1.52. The lowest BCUT2D eigenvalue weighted by molar-refractivity contribution is 0.0635. The van der Waals surface area contributed by atoms with E-state index < -0.39 is 11.7 Å². The van der Waals surface area contributed by atoms with Gasteiger partial charge in [-0.25, -0.2) is 9.78 Å². The molecule has 0 saturated heterocycles. The smallest absolute Gasteiger partial charge is 0.413 e. The molecule has 1 heterocycles. The molecule has 0 saturated carbocycles. The van der Waals surface area contributed by atoms with Crippen LogP contribution >= 0.6 is 11.6 Å². The summed E-state index contributed by atoms with van der Waals surface area (Å²) in [4.78, 5) is 15.6. The van der Waals surface area contributed by atoms with Crippen LogP contribution in [0.3, 0.4) is 0 Å². The highest BCUT2D eigenvalue weighted by atomic mass is 35.5. The lowest BCUT2D eigenvalue weighted by atomic mass is 10.2. The van der Waals surface area contributed by atoms with E-state index in [9.17, 15) is 4.79 Å². The van der Waals surface area contributed by atoms with Gasteiger partial charge in [0.05, 0.1) is 16.3 Å². The summed E-state index contributed by atoms with van der Waals surface area (Å²) >= 11 is 5.90. The topological polar surface area (TPSA) is 75.0 Å². The molecule has 0 unspecified atom stereocenters. The van der Waals surface area contributed by atoms with Gasteiger partial charge < -0.3 is 4.74 Å². The van der Waals surface area contributed by atoms with Crippen LogP contribution in [0.2, 0.25) is 5.02 Å². The number of aryl methyl sites for hydroxylation is 1. The van der Waals surface area contributed by atoms with Crippen molar-refractivity contribution in [3.63, 3.8) is 0 Å². The molecule has 18 heavy (non-hydrogen) atoms. The molecule has 1 N–H and O–H groups in total. The third-order valence-electron chi connectivity index (χ3n) is 1.89. The Kier molecular flexibility index (Phi) is 4.15. The average molecular weight is 268 g/mol. The lowest BCUT2D eigenvalue weighted by Gasteiger charge is -2.19. The van der Waals surface area contributed by atoms with Gasteiger partial charge in [0.15, 0.2) is 0 Å². The van der Waals surface area contributed by atoms with Crippen LogP contribution in [-0.2, 0) is 4.74 Å². The zero-order valence-corrected chi connectivity index (χ0v) is 11.4. The number of amides is 1. The van der Waals surface area contributed by atoms with Crippen molar-refractivity contribution in [2.45, 2.75) is 33.3 Å². The molecule has 0 atom stereocenters. The maximum atomic E-state index is 11.5. The highest BCUT2D eigenvalue weighted by Gasteiger charge is 2.17. The molecule has 0 aromatic carbocycles. The summed E-state index contributed by atoms with van der Waals surface area (Å²) < 4.78 is 5.08. The molecule has 96 valence electrons. The molecule has 6 heteroatoms. The van der Waals surface area contributed by atoms with Gasteiger partial charge in [-0.1, -0.05) is 11.6 Å². The number of nitrogens with zero attached hydrogens (tertiary/aromatic N) is 2. The number of rotatable bonds is 1. The molecule has 5 nitrogen and oxygen atoms in total. The Morgan fingerprint density at radius 2 is 2.17 bits per heavy atom. The zero-order chi connectivity index (χ0) is 13.9. The van der Waals surface area contributed by atoms with Crippen LogP contribution in [0.15, 0.2) is 6.07 Å². The van der Waals surface area contributed by atoms with E-state index in [-0.39, 0.29) is 10.8 Å². The van der Waals surface area contributed by atoms with Crippen molar-refractivity contribution in [1.82, 2.24) is 4.98 Å². The van der Waals surface area contributed by atoms with Crippen molar-refractivity contribution in [2.24, 2.45) is 0 Å². The van der Waals surface area contributed by atoms with Crippen LogP contribution in [0.25, 0.3) is 0 Å². The maximum absolute atomic E-state index is 11.5. The summed E-state index contributed by atoms with van der Waals surface area (Å²) in [6, 6.07) is 3.36. The van der Waals surface area contributed by atoms with E-state index in [1.165, 1.54) is 6.07 Å². The second-order valence-electron chi connectivity index (χ2n) is 4.69. The molecule has 1 rings (SSSR count). The van der Waals surface area contributed by atoms with Crippen LogP contribution in [0.4, 0.5) is 10.6 Å². The van der Waals surface area contributed by atoms with Gasteiger partial charge in [0.2, 0.25) is 0 Å². The summed E-state index contributed by atoms with van der Waals surface area (Å²) in [5, 5.41) is 11.6. The van der Waals surface area contributed by atoms with Crippen LogP contribution in [0.5, 0.6) is 0 Å². The number of carbonyl (C=O) groups is 1. The number of nitrogens with one attached hydrogen (secondary N) is 1. The fourth-order valence-electron chi connectivity index (χ4n) is 1.24. The normalized spacial score (nSPS) is 10.7. The van der Waals surface area contributed by atoms with Crippen molar-refractivity contribution in [3.05, 3.63) is 22.3 Å². The number of anilines is 1. The quantitative estimate of drug-likeness (QED) is 0.847. The molecule has 0 aliphatic rings. The molecular weight excluding hydrogens is 254 g/mol. The highest BCUT2D eigenvalue weighted by Crippen LogP contribution is 2.21. The first-order valence-electron chi connectivity index (χ1n) is 5.30. The van der Waals surface area contributed by atoms with Crippen LogP contribution in [0.1, 0.15) is 32.0 Å². The van der Waals surface area contributed by atoms with Gasteiger partial charge in [-0.2, -0.15) is 5.26 Å². The predicted octanol–water partition coefficient (Wildman–Crippen LogP) is 3.26. The third-order valence-corrected chi connectivity index (χ3v) is 2.19. The minimum atomic E-state index is -0.616. The number of ether oxygens (including phenoxy) is 1. The number of hydrogen-bond donors (Lipinski definition) is 1. The Morgan fingerprint density at radius 3 is 2.61 bits per heavy atom. The van der Waals surface area contributed by atoms with Crippen LogP contribution in [-0.4, -0.2) is 16.7 Å². The molecule has 0 aliphatic carbocycles. The monoisotopic (exact) mass is 267 g/mol. The van der Waals surface area contributed by atoms with E-state index in [0.29, 0.717) is 11.3 Å². The predicted molar refractivity (Wildman–Crippen MR) is 68.6 cm³/mol. The second-order valence-corrected chi connectivity index (χ2v) is 5.10. The summed E-state index contributed by atoms with van der Waals surface area (Å²) in [7, 11) is 0. The minimum Gasteiger partial charge on any atom is -0.444 e. The van der Waals surface area contributed by atoms with Gasteiger partial charge in [0, 0.05) is 6.07 Å². The van der Waals surface area contributed by atoms with Crippen molar-refractivity contribution in [2.75, 3.05) is 5.32 Å². The summed E-state index contributed by atoms with van der Waals surface area (Å²) in [5.41, 5.74) is 0.165. The molecule has 1 amide bonds. The average Bonchev–Trinajstić information content (AvgIpc) is 2.13. The first-order chi connectivity index (χ1) is 8.23. The highest BCUT2D eigenvalue weighted by molar-refractivity contribution is 6.32. The van der Waals surface area contributed by atoms with E-state index in [4.69, 9.17) is 21.6 Å². The zero-order valence-electron chi connectivity index (χ0n) is 10.7. The molecule has 0 fully saturated rings. The number of hydrogen-bond acceptors (Lipinski definition) is 4. The van der Waals surface area contributed by atoms with Crippen molar-refractivity contribution < 1.29 is 9.53 Å². The largest absolute Gasteiger partial charge is 0.444 e. The molecule has 0 radical (unpaired) electrons. The first-order valence-corrected chi connectivity index (χ1v) is 5.68. The molecule has 1 aromatic rings. The number of carbonyl (C=O) groups excluding carboxylic acids is 1. The Hall–Kier alpha value is -1.80. The lowest BCUT2D eigenvalue weighted by Crippen LogP contribution is -2.27. The van der Waals surface area contributed by atoms with Gasteiger partial charge in [-0.05, 0) is 27.7 Å². The standard InChI is InChI=1S/C12H14ClN3O2/c1-7-8(6-14)9(13)5-10(15-7)16-11(17)18-12(2,3)4/h5H,1-4H3,(H,15,16,17).